The lowest BCUT2D eigenvalue weighted by Gasteiger charge is -2.20. The molecule has 0 fully saturated rings. The van der Waals surface area contributed by atoms with E-state index in [1.54, 1.807) is 30.3 Å². The predicted molar refractivity (Wildman–Crippen MR) is 101 cm³/mol. The van der Waals surface area contributed by atoms with Crippen molar-refractivity contribution in [3.63, 3.8) is 0 Å². The van der Waals surface area contributed by atoms with Gasteiger partial charge in [-0.1, -0.05) is 39.0 Å². The zero-order valence-corrected chi connectivity index (χ0v) is 15.7. The van der Waals surface area contributed by atoms with Crippen LogP contribution in [0.1, 0.15) is 38.8 Å². The molecule has 0 saturated heterocycles. The van der Waals surface area contributed by atoms with Crippen molar-refractivity contribution in [2.75, 3.05) is 0 Å². The number of nitrogens with zero attached hydrogens (tertiary/aromatic N) is 2. The lowest BCUT2D eigenvalue weighted by Crippen LogP contribution is -2.24. The van der Waals surface area contributed by atoms with E-state index in [1.165, 1.54) is 19.2 Å². The van der Waals surface area contributed by atoms with Crippen LogP contribution in [-0.2, 0) is 21.6 Å². The van der Waals surface area contributed by atoms with E-state index in [2.05, 4.69) is 5.10 Å². The van der Waals surface area contributed by atoms with E-state index in [9.17, 15) is 14.0 Å². The normalized spacial score (nSPS) is 11.6. The van der Waals surface area contributed by atoms with Crippen LogP contribution in [0.15, 0.2) is 47.4 Å². The second-order valence-electron chi connectivity index (χ2n) is 7.44. The molecule has 0 aliphatic rings. The number of halogens is 1. The fourth-order valence-electron chi connectivity index (χ4n) is 2.86. The van der Waals surface area contributed by atoms with Crippen LogP contribution in [0.4, 0.5) is 4.39 Å². The number of aromatic nitrogens is 2. The molecule has 0 aliphatic carbocycles. The van der Waals surface area contributed by atoms with E-state index in [4.69, 9.17) is 4.74 Å². The molecular weight excluding hydrogens is 347 g/mol. The molecule has 3 rings (SSSR count). The van der Waals surface area contributed by atoms with Crippen molar-refractivity contribution in [3.05, 3.63) is 69.9 Å². The van der Waals surface area contributed by atoms with Gasteiger partial charge in [0.2, 0.25) is 0 Å². The minimum atomic E-state index is -0.573. The lowest BCUT2D eigenvalue weighted by atomic mass is 9.86. The fraction of sp³-hybridized carbons (Fsp3) is 0.286. The maximum Gasteiger partial charge on any atom is 0.302 e. The van der Waals surface area contributed by atoms with Crippen LogP contribution in [0.5, 0.6) is 0 Å². The van der Waals surface area contributed by atoms with Gasteiger partial charge in [0.25, 0.3) is 5.56 Å². The van der Waals surface area contributed by atoms with Gasteiger partial charge < -0.3 is 4.74 Å². The number of rotatable bonds is 3. The third-order valence-electron chi connectivity index (χ3n) is 4.36. The van der Waals surface area contributed by atoms with Gasteiger partial charge in [0, 0.05) is 17.9 Å². The topological polar surface area (TPSA) is 61.2 Å². The minimum Gasteiger partial charge on any atom is -0.461 e. The van der Waals surface area contributed by atoms with E-state index in [-0.39, 0.29) is 17.4 Å². The van der Waals surface area contributed by atoms with Gasteiger partial charge in [-0.15, -0.1) is 0 Å². The van der Waals surface area contributed by atoms with E-state index >= 15 is 0 Å². The summed E-state index contributed by atoms with van der Waals surface area (Å²) in [5, 5.41) is 4.67. The molecule has 1 aromatic heterocycles. The summed E-state index contributed by atoms with van der Waals surface area (Å²) in [6, 6.07) is 10.1. The first kappa shape index (κ1) is 18.8. The van der Waals surface area contributed by atoms with Gasteiger partial charge in [-0.2, -0.15) is 9.78 Å². The summed E-state index contributed by atoms with van der Waals surface area (Å²) >= 11 is 0. The van der Waals surface area contributed by atoms with Crippen LogP contribution in [0.2, 0.25) is 0 Å². The minimum absolute atomic E-state index is 0.00308. The van der Waals surface area contributed by atoms with Crippen molar-refractivity contribution in [2.24, 2.45) is 0 Å². The van der Waals surface area contributed by atoms with Crippen molar-refractivity contribution in [3.8, 4) is 5.69 Å². The molecule has 140 valence electrons. The second kappa shape index (κ2) is 6.95. The van der Waals surface area contributed by atoms with Gasteiger partial charge in [-0.05, 0) is 29.2 Å². The molecule has 3 aromatic rings. The number of hydrogen-bond acceptors (Lipinski definition) is 4. The number of fused-ring (bicyclic) bond motifs is 1. The molecular formula is C21H21FN2O3. The van der Waals surface area contributed by atoms with Gasteiger partial charge in [0.1, 0.15) is 12.4 Å². The molecule has 0 unspecified atom stereocenters. The van der Waals surface area contributed by atoms with E-state index < -0.39 is 17.3 Å². The average Bonchev–Trinajstić information content (AvgIpc) is 2.59. The van der Waals surface area contributed by atoms with Crippen LogP contribution in [0.3, 0.4) is 0 Å². The summed E-state index contributed by atoms with van der Waals surface area (Å²) in [7, 11) is 0. The Kier molecular flexibility index (Phi) is 4.83. The molecule has 0 bridgehead atoms. The van der Waals surface area contributed by atoms with Crippen LogP contribution in [0, 0.1) is 5.82 Å². The second-order valence-corrected chi connectivity index (χ2v) is 7.44. The Balaban J connectivity index is 2.18. The zero-order valence-electron chi connectivity index (χ0n) is 15.7. The van der Waals surface area contributed by atoms with Crippen molar-refractivity contribution < 1.29 is 13.9 Å². The maximum absolute atomic E-state index is 14.8. The van der Waals surface area contributed by atoms with Crippen molar-refractivity contribution in [2.45, 2.75) is 39.7 Å². The van der Waals surface area contributed by atoms with Gasteiger partial charge >= 0.3 is 5.97 Å². The number of carbonyl (C=O) groups is 1. The molecule has 0 amide bonds. The summed E-state index contributed by atoms with van der Waals surface area (Å²) in [6.45, 7) is 7.25. The molecule has 0 aliphatic heterocycles. The number of esters is 1. The number of ether oxygens (including phenoxy) is 1. The number of benzene rings is 2. The van der Waals surface area contributed by atoms with Gasteiger partial charge in [-0.3, -0.25) is 9.59 Å². The van der Waals surface area contributed by atoms with E-state index in [1.807, 2.05) is 20.8 Å². The Bertz CT molecular complexity index is 1080. The van der Waals surface area contributed by atoms with Crippen LogP contribution in [0.25, 0.3) is 16.5 Å². The Morgan fingerprint density at radius 3 is 2.59 bits per heavy atom. The molecule has 0 atom stereocenters. The standard InChI is InChI=1S/C21H21FN2O3/c1-13(25)27-12-14-7-5-6-8-18(14)24-20(26)19-15(11-23-24)9-16(10-17(19)22)21(2,3)4/h5-11H,12H2,1-4H3. The fourth-order valence-corrected chi connectivity index (χ4v) is 2.86. The molecule has 2 aromatic carbocycles. The highest BCUT2D eigenvalue weighted by molar-refractivity contribution is 5.82. The van der Waals surface area contributed by atoms with Crippen LogP contribution in [-0.4, -0.2) is 15.7 Å². The Labute approximate surface area is 156 Å². The van der Waals surface area contributed by atoms with Crippen molar-refractivity contribution in [1.82, 2.24) is 9.78 Å². The first-order chi connectivity index (χ1) is 12.7. The summed E-state index contributed by atoms with van der Waals surface area (Å²) < 4.78 is 21.0. The van der Waals surface area contributed by atoms with Crippen LogP contribution >= 0.6 is 0 Å². The quantitative estimate of drug-likeness (QED) is 0.658. The van der Waals surface area contributed by atoms with Gasteiger partial charge in [0.15, 0.2) is 0 Å². The highest BCUT2D eigenvalue weighted by Gasteiger charge is 2.19. The number of carbonyl (C=O) groups excluding carboxylic acids is 1. The molecule has 0 spiro atoms. The van der Waals surface area contributed by atoms with Gasteiger partial charge in [-0.25, -0.2) is 4.39 Å². The highest BCUT2D eigenvalue weighted by atomic mass is 19.1. The molecule has 5 nitrogen and oxygen atoms in total. The molecule has 1 heterocycles. The van der Waals surface area contributed by atoms with Gasteiger partial charge in [0.05, 0.1) is 17.3 Å². The Hall–Kier alpha value is -3.02. The van der Waals surface area contributed by atoms with Crippen molar-refractivity contribution >= 4 is 16.7 Å². The van der Waals surface area contributed by atoms with E-state index in [0.717, 1.165) is 10.2 Å². The summed E-state index contributed by atoms with van der Waals surface area (Å²) in [4.78, 5) is 24.1. The summed E-state index contributed by atoms with van der Waals surface area (Å²) in [5.41, 5.74) is 1.04. The monoisotopic (exact) mass is 368 g/mol. The third kappa shape index (κ3) is 3.74. The molecule has 0 saturated carbocycles. The van der Waals surface area contributed by atoms with E-state index in [0.29, 0.717) is 16.6 Å². The molecule has 0 radical (unpaired) electrons. The SMILES string of the molecule is CC(=O)OCc1ccccc1-n1ncc2cc(C(C)(C)C)cc(F)c2c1=O. The largest absolute Gasteiger partial charge is 0.461 e. The first-order valence-electron chi connectivity index (χ1n) is 8.62. The lowest BCUT2D eigenvalue weighted by molar-refractivity contribution is -0.142. The molecule has 6 heteroatoms. The smallest absolute Gasteiger partial charge is 0.302 e. The zero-order chi connectivity index (χ0) is 19.8. The number of hydrogen-bond donors (Lipinski definition) is 0. The Morgan fingerprint density at radius 1 is 1.22 bits per heavy atom. The summed E-state index contributed by atoms with van der Waals surface area (Å²) in [6.07, 6.45) is 1.48. The average molecular weight is 368 g/mol. The first-order valence-corrected chi connectivity index (χ1v) is 8.62. The summed E-state index contributed by atoms with van der Waals surface area (Å²) in [5.74, 6) is -1.000. The van der Waals surface area contributed by atoms with Crippen molar-refractivity contribution in [1.29, 1.82) is 0 Å². The number of para-hydroxylation sites is 1. The predicted octanol–water partition coefficient (Wildman–Crippen LogP) is 3.89. The third-order valence-corrected chi connectivity index (χ3v) is 4.36. The highest BCUT2D eigenvalue weighted by Crippen LogP contribution is 2.27. The molecule has 27 heavy (non-hydrogen) atoms. The van der Waals surface area contributed by atoms with Crippen LogP contribution < -0.4 is 5.56 Å². The maximum atomic E-state index is 14.8. The Morgan fingerprint density at radius 2 is 1.93 bits per heavy atom. The molecule has 0 N–H and O–H groups in total.